The summed E-state index contributed by atoms with van der Waals surface area (Å²) in [5.74, 6) is -0.981. The van der Waals surface area contributed by atoms with Crippen LogP contribution in [0.2, 0.25) is 5.02 Å². The number of amides is 1. The number of nitrogens with two attached hydrogens (primary N) is 1. The molecule has 0 saturated carbocycles. The lowest BCUT2D eigenvalue weighted by molar-refractivity contribution is 0.0527. The lowest BCUT2D eigenvalue weighted by atomic mass is 9.92. The van der Waals surface area contributed by atoms with Crippen LogP contribution >= 0.6 is 11.6 Å². The Hall–Kier alpha value is -5.27. The molecule has 286 valence electrons. The maximum atomic E-state index is 13.9. The average Bonchev–Trinajstić information content (AvgIpc) is 3.67. The fraction of sp³-hybridized carbons (Fsp3) is 0.400. The van der Waals surface area contributed by atoms with Crippen LogP contribution in [0.5, 0.6) is 11.5 Å². The van der Waals surface area contributed by atoms with E-state index in [1.807, 2.05) is 0 Å². The number of nitrogens with zero attached hydrogens (tertiary/aromatic N) is 4. The zero-order valence-electron chi connectivity index (χ0n) is 32.4. The van der Waals surface area contributed by atoms with Crippen LogP contribution in [-0.2, 0) is 11.2 Å². The Balaban J connectivity index is 1.76. The number of hydrogen-bond acceptors (Lipinski definition) is 11. The lowest BCUT2D eigenvalue weighted by Gasteiger charge is -2.21. The Labute approximate surface area is 318 Å². The van der Waals surface area contributed by atoms with Gasteiger partial charge in [-0.05, 0) is 62.2 Å². The van der Waals surface area contributed by atoms with Crippen molar-refractivity contribution in [1.82, 2.24) is 19.4 Å². The first kappa shape index (κ1) is 39.9. The molecule has 13 nitrogen and oxygen atoms in total. The number of rotatable bonds is 11. The molecule has 1 unspecified atom stereocenters. The zero-order chi connectivity index (χ0) is 40.0. The van der Waals surface area contributed by atoms with E-state index in [1.165, 1.54) is 29.9 Å². The van der Waals surface area contributed by atoms with E-state index in [1.54, 1.807) is 92.9 Å². The molecule has 14 heteroatoms. The molecule has 1 atom stereocenters. The third-order valence-corrected chi connectivity index (χ3v) is 9.03. The zero-order valence-corrected chi connectivity index (χ0v) is 33.2. The van der Waals surface area contributed by atoms with E-state index in [9.17, 15) is 19.2 Å². The number of carbonyl (C=O) groups excluding carboxylic acids is 4. The predicted octanol–water partition coefficient (Wildman–Crippen LogP) is 7.65. The van der Waals surface area contributed by atoms with Crippen LogP contribution in [0.25, 0.3) is 21.9 Å². The number of Topliss-reactive ketones (excluding diaryl/α,β-unsaturated/α-hetero) is 2. The SMILES string of the molecule is COc1cc(C(N)c2cnc(C(=O)C(C)C)nc2C(=O)C(C)C)c2cc(Cc3c(C(=O)N(C)C)n(C(=O)OC(C)(C)C)c4ccc(Cl)cc34)oc2c1OC. The van der Waals surface area contributed by atoms with Crippen molar-refractivity contribution in [2.75, 3.05) is 28.3 Å². The number of furan rings is 1. The van der Waals surface area contributed by atoms with Gasteiger partial charge in [-0.15, -0.1) is 0 Å². The van der Waals surface area contributed by atoms with Gasteiger partial charge in [0.05, 0.1) is 25.8 Å². The Bertz CT molecular complexity index is 2300. The second-order valence-corrected chi connectivity index (χ2v) is 15.3. The Morgan fingerprint density at radius 1 is 0.944 bits per heavy atom. The highest BCUT2D eigenvalue weighted by Crippen LogP contribution is 2.44. The summed E-state index contributed by atoms with van der Waals surface area (Å²) in [6.45, 7) is 12.2. The number of halogens is 1. The quantitative estimate of drug-likeness (QED) is 0.131. The van der Waals surface area contributed by atoms with E-state index < -0.39 is 29.6 Å². The number of aromatic nitrogens is 3. The normalized spacial score (nSPS) is 12.4. The highest BCUT2D eigenvalue weighted by Gasteiger charge is 2.33. The van der Waals surface area contributed by atoms with Gasteiger partial charge in [0.25, 0.3) is 5.91 Å². The van der Waals surface area contributed by atoms with Crippen molar-refractivity contribution in [3.63, 3.8) is 0 Å². The molecule has 2 N–H and O–H groups in total. The molecule has 3 aromatic heterocycles. The summed E-state index contributed by atoms with van der Waals surface area (Å²) >= 11 is 6.49. The molecule has 0 radical (unpaired) electrons. The first-order chi connectivity index (χ1) is 25.3. The van der Waals surface area contributed by atoms with Crippen molar-refractivity contribution in [2.45, 2.75) is 66.5 Å². The molecule has 5 aromatic rings. The molecule has 0 aliphatic heterocycles. The van der Waals surface area contributed by atoms with Crippen molar-refractivity contribution in [3.8, 4) is 11.5 Å². The first-order valence-electron chi connectivity index (χ1n) is 17.5. The van der Waals surface area contributed by atoms with Gasteiger partial charge in [-0.3, -0.25) is 14.4 Å². The molecule has 54 heavy (non-hydrogen) atoms. The highest BCUT2D eigenvalue weighted by molar-refractivity contribution is 6.31. The summed E-state index contributed by atoms with van der Waals surface area (Å²) in [4.78, 5) is 64.2. The largest absolute Gasteiger partial charge is 0.493 e. The number of ether oxygens (including phenoxy) is 3. The van der Waals surface area contributed by atoms with Crippen LogP contribution in [0.3, 0.4) is 0 Å². The van der Waals surface area contributed by atoms with Crippen molar-refractivity contribution < 1.29 is 37.8 Å². The summed E-state index contributed by atoms with van der Waals surface area (Å²) < 4.78 is 25.0. The minimum atomic E-state index is -0.988. The van der Waals surface area contributed by atoms with Gasteiger partial charge < -0.3 is 29.3 Å². The van der Waals surface area contributed by atoms with E-state index in [-0.39, 0.29) is 52.5 Å². The minimum absolute atomic E-state index is 0.0303. The number of carbonyl (C=O) groups is 4. The summed E-state index contributed by atoms with van der Waals surface area (Å²) in [5, 5.41) is 1.47. The highest BCUT2D eigenvalue weighted by atomic mass is 35.5. The van der Waals surface area contributed by atoms with Gasteiger partial charge in [0.1, 0.15) is 22.7 Å². The summed E-state index contributed by atoms with van der Waals surface area (Å²) in [7, 11) is 6.13. The van der Waals surface area contributed by atoms with Crippen molar-refractivity contribution >= 4 is 57.0 Å². The molecule has 5 rings (SSSR count). The van der Waals surface area contributed by atoms with E-state index in [2.05, 4.69) is 9.97 Å². The molecule has 0 fully saturated rings. The smallest absolute Gasteiger partial charge is 0.419 e. The van der Waals surface area contributed by atoms with Gasteiger partial charge in [-0.25, -0.2) is 19.3 Å². The van der Waals surface area contributed by atoms with Crippen LogP contribution in [0, 0.1) is 11.8 Å². The van der Waals surface area contributed by atoms with Crippen LogP contribution in [0.4, 0.5) is 4.79 Å². The summed E-state index contributed by atoms with van der Waals surface area (Å²) in [6, 6.07) is 7.46. The van der Waals surface area contributed by atoms with E-state index in [0.717, 1.165) is 0 Å². The monoisotopic (exact) mass is 759 g/mol. The first-order valence-corrected chi connectivity index (χ1v) is 17.8. The van der Waals surface area contributed by atoms with Gasteiger partial charge >= 0.3 is 6.09 Å². The van der Waals surface area contributed by atoms with Crippen LogP contribution in [0.1, 0.15) is 109 Å². The molecule has 0 aliphatic carbocycles. The molecule has 1 amide bonds. The van der Waals surface area contributed by atoms with Gasteiger partial charge in [0.15, 0.2) is 22.9 Å². The number of benzene rings is 2. The fourth-order valence-electron chi connectivity index (χ4n) is 6.16. The second kappa shape index (κ2) is 15.2. The van der Waals surface area contributed by atoms with Gasteiger partial charge in [-0.2, -0.15) is 0 Å². The predicted molar refractivity (Wildman–Crippen MR) is 205 cm³/mol. The number of methoxy groups -OCH3 is 2. The minimum Gasteiger partial charge on any atom is -0.493 e. The van der Waals surface area contributed by atoms with E-state index in [0.29, 0.717) is 49.5 Å². The summed E-state index contributed by atoms with van der Waals surface area (Å²) in [6.07, 6.45) is 0.717. The van der Waals surface area contributed by atoms with Gasteiger partial charge in [0, 0.05) is 59.9 Å². The Morgan fingerprint density at radius 3 is 2.19 bits per heavy atom. The van der Waals surface area contributed by atoms with Crippen LogP contribution in [0.15, 0.2) is 40.9 Å². The Kier molecular flexibility index (Phi) is 11.3. The van der Waals surface area contributed by atoms with Gasteiger partial charge in [-0.1, -0.05) is 39.3 Å². The summed E-state index contributed by atoms with van der Waals surface area (Å²) in [5.41, 5.74) is 8.24. The second-order valence-electron chi connectivity index (χ2n) is 14.9. The third-order valence-electron chi connectivity index (χ3n) is 8.79. The van der Waals surface area contributed by atoms with Crippen molar-refractivity contribution in [3.05, 3.63) is 81.2 Å². The maximum Gasteiger partial charge on any atom is 0.419 e. The van der Waals surface area contributed by atoms with Crippen molar-refractivity contribution in [1.29, 1.82) is 0 Å². The molecule has 3 heterocycles. The van der Waals surface area contributed by atoms with Crippen LogP contribution in [-0.4, -0.2) is 76.9 Å². The van der Waals surface area contributed by atoms with E-state index in [4.69, 9.17) is 36.0 Å². The average molecular weight is 760 g/mol. The molecular formula is C40H46ClN5O8. The molecular weight excluding hydrogens is 714 g/mol. The molecule has 0 spiro atoms. The molecule has 0 saturated heterocycles. The molecule has 0 bridgehead atoms. The number of fused-ring (bicyclic) bond motifs is 2. The van der Waals surface area contributed by atoms with Crippen molar-refractivity contribution in [2.24, 2.45) is 17.6 Å². The maximum absolute atomic E-state index is 13.9. The Morgan fingerprint density at radius 2 is 1.61 bits per heavy atom. The standard InChI is InChI=1S/C40H46ClN5O8/c1-19(2)33(47)31-27(18-43-37(44-31)34(48)20(3)4)30(42)24-17-29(51-10)36(52-11)35-26(24)16-22(53-35)15-25-23-14-21(41)12-13-28(23)46(32(25)38(49)45(8)9)39(50)54-40(5,6)7/h12-14,16-20,30H,15,42H2,1-11H3. The lowest BCUT2D eigenvalue weighted by Crippen LogP contribution is -2.32. The van der Waals surface area contributed by atoms with Crippen LogP contribution < -0.4 is 15.2 Å². The number of hydrogen-bond donors (Lipinski definition) is 1. The topological polar surface area (TPSA) is 169 Å². The molecule has 0 aliphatic rings. The number of ketones is 2. The fourth-order valence-corrected chi connectivity index (χ4v) is 6.33. The van der Waals surface area contributed by atoms with E-state index >= 15 is 0 Å². The third kappa shape index (κ3) is 7.56. The molecule has 2 aromatic carbocycles. The van der Waals surface area contributed by atoms with Gasteiger partial charge in [0.2, 0.25) is 11.5 Å².